The van der Waals surface area contributed by atoms with Crippen LogP contribution in [0.15, 0.2) is 59.5 Å². The number of hydrogen-bond acceptors (Lipinski definition) is 5. The molecule has 0 amide bonds. The molecule has 0 fully saturated rings. The van der Waals surface area contributed by atoms with Gasteiger partial charge in [0.25, 0.3) is 0 Å². The summed E-state index contributed by atoms with van der Waals surface area (Å²) in [7, 11) is 1.67. The van der Waals surface area contributed by atoms with Crippen molar-refractivity contribution in [1.82, 2.24) is 20.0 Å². The van der Waals surface area contributed by atoms with E-state index < -0.39 is 0 Å². The molecule has 7 heteroatoms. The van der Waals surface area contributed by atoms with Crippen LogP contribution in [0.5, 0.6) is 5.75 Å². The second-order valence-electron chi connectivity index (χ2n) is 8.57. The first-order valence-corrected chi connectivity index (χ1v) is 11.2. The van der Waals surface area contributed by atoms with E-state index >= 15 is 0 Å². The van der Waals surface area contributed by atoms with E-state index in [1.54, 1.807) is 13.4 Å². The van der Waals surface area contributed by atoms with Gasteiger partial charge in [-0.2, -0.15) is 0 Å². The molecule has 5 rings (SSSR count). The Morgan fingerprint density at radius 2 is 2.03 bits per heavy atom. The summed E-state index contributed by atoms with van der Waals surface area (Å²) in [5, 5.41) is 8.09. The van der Waals surface area contributed by atoms with Crippen molar-refractivity contribution in [2.75, 3.05) is 7.11 Å². The average Bonchev–Trinajstić information content (AvgIpc) is 3.46. The van der Waals surface area contributed by atoms with Gasteiger partial charge in [0.2, 0.25) is 0 Å². The maximum Gasteiger partial charge on any atom is 0.157 e. The molecule has 1 aliphatic carbocycles. The van der Waals surface area contributed by atoms with Crippen molar-refractivity contribution in [1.29, 1.82) is 0 Å². The van der Waals surface area contributed by atoms with E-state index in [9.17, 15) is 4.39 Å². The van der Waals surface area contributed by atoms with Gasteiger partial charge in [-0.25, -0.2) is 9.37 Å². The maximum atomic E-state index is 13.3. The Hall–Kier alpha value is -3.45. The van der Waals surface area contributed by atoms with E-state index in [0.29, 0.717) is 0 Å². The van der Waals surface area contributed by atoms with Gasteiger partial charge in [0.15, 0.2) is 5.76 Å². The minimum atomic E-state index is -0.226. The first kappa shape index (κ1) is 21.4. The van der Waals surface area contributed by atoms with Gasteiger partial charge in [0.05, 0.1) is 30.9 Å². The minimum absolute atomic E-state index is 0.0603. The van der Waals surface area contributed by atoms with Crippen LogP contribution in [0.25, 0.3) is 16.9 Å². The van der Waals surface area contributed by atoms with Gasteiger partial charge in [0, 0.05) is 23.4 Å². The van der Waals surface area contributed by atoms with Crippen LogP contribution in [0, 0.1) is 12.7 Å². The molecular weight excluding hydrogens is 419 g/mol. The molecule has 170 valence electrons. The van der Waals surface area contributed by atoms with E-state index in [-0.39, 0.29) is 17.9 Å². The second kappa shape index (κ2) is 8.83. The van der Waals surface area contributed by atoms with Crippen molar-refractivity contribution in [3.63, 3.8) is 0 Å². The van der Waals surface area contributed by atoms with Gasteiger partial charge in [-0.05, 0) is 62.9 Å². The summed E-state index contributed by atoms with van der Waals surface area (Å²) >= 11 is 0. The Kier molecular flexibility index (Phi) is 5.72. The Labute approximate surface area is 192 Å². The standard InChI is InChI=1S/C26H27FN4O2/c1-16-14-31(15-28-16)23-12-9-19(13-24(23)32-3)25-21-5-4-6-22(26(21)33-30-25)29-17(2)18-7-10-20(27)11-8-18/h7-15,17,22,29H,4-6H2,1-3H3. The van der Waals surface area contributed by atoms with Crippen LogP contribution < -0.4 is 10.1 Å². The number of aryl methyl sites for hydroxylation is 1. The van der Waals surface area contributed by atoms with Crippen molar-refractivity contribution in [3.8, 4) is 22.7 Å². The van der Waals surface area contributed by atoms with Crippen molar-refractivity contribution in [3.05, 3.63) is 83.4 Å². The lowest BCUT2D eigenvalue weighted by molar-refractivity contribution is 0.301. The fourth-order valence-electron chi connectivity index (χ4n) is 4.58. The zero-order valence-electron chi connectivity index (χ0n) is 19.0. The first-order chi connectivity index (χ1) is 16.0. The van der Waals surface area contributed by atoms with Crippen LogP contribution in [-0.2, 0) is 6.42 Å². The van der Waals surface area contributed by atoms with Crippen LogP contribution in [0.1, 0.15) is 54.4 Å². The zero-order chi connectivity index (χ0) is 22.9. The average molecular weight is 447 g/mol. The van der Waals surface area contributed by atoms with E-state index in [2.05, 4.69) is 22.4 Å². The molecule has 0 spiro atoms. The van der Waals surface area contributed by atoms with Gasteiger partial charge in [-0.3, -0.25) is 0 Å². The molecule has 1 aliphatic rings. The molecule has 0 saturated carbocycles. The highest BCUT2D eigenvalue weighted by Crippen LogP contribution is 2.39. The summed E-state index contributed by atoms with van der Waals surface area (Å²) in [6.45, 7) is 4.04. The minimum Gasteiger partial charge on any atom is -0.495 e. The summed E-state index contributed by atoms with van der Waals surface area (Å²) in [5.41, 5.74) is 5.87. The van der Waals surface area contributed by atoms with E-state index in [4.69, 9.17) is 9.26 Å². The fourth-order valence-corrected chi connectivity index (χ4v) is 4.58. The molecule has 4 aromatic rings. The molecule has 1 N–H and O–H groups in total. The number of aromatic nitrogens is 3. The van der Waals surface area contributed by atoms with E-state index in [1.807, 2.05) is 48.0 Å². The smallest absolute Gasteiger partial charge is 0.157 e. The van der Waals surface area contributed by atoms with Crippen LogP contribution in [0.4, 0.5) is 4.39 Å². The second-order valence-corrected chi connectivity index (χ2v) is 8.57. The number of halogens is 1. The third kappa shape index (κ3) is 4.16. The molecule has 2 heterocycles. The highest BCUT2D eigenvalue weighted by molar-refractivity contribution is 5.68. The topological polar surface area (TPSA) is 65.1 Å². The van der Waals surface area contributed by atoms with E-state index in [0.717, 1.165) is 64.5 Å². The SMILES string of the molecule is COc1cc(-c2noc3c2CCCC3NC(C)c2ccc(F)cc2)ccc1-n1cnc(C)c1. The number of methoxy groups -OCH3 is 1. The number of fused-ring (bicyclic) bond motifs is 1. The molecule has 0 saturated heterocycles. The highest BCUT2D eigenvalue weighted by Gasteiger charge is 2.29. The Morgan fingerprint density at radius 1 is 1.21 bits per heavy atom. The Bertz CT molecular complexity index is 1260. The summed E-state index contributed by atoms with van der Waals surface area (Å²) in [6.07, 6.45) is 6.67. The monoisotopic (exact) mass is 446 g/mol. The van der Waals surface area contributed by atoms with Gasteiger partial charge >= 0.3 is 0 Å². The first-order valence-electron chi connectivity index (χ1n) is 11.2. The highest BCUT2D eigenvalue weighted by atomic mass is 19.1. The Balaban J connectivity index is 1.42. The predicted molar refractivity (Wildman–Crippen MR) is 124 cm³/mol. The molecule has 2 aromatic heterocycles. The lowest BCUT2D eigenvalue weighted by atomic mass is 9.90. The summed E-state index contributed by atoms with van der Waals surface area (Å²) < 4.78 is 26.8. The quantitative estimate of drug-likeness (QED) is 0.411. The third-order valence-electron chi connectivity index (χ3n) is 6.32. The number of nitrogens with one attached hydrogen (secondary N) is 1. The fraction of sp³-hybridized carbons (Fsp3) is 0.308. The van der Waals surface area contributed by atoms with Gasteiger partial charge in [0.1, 0.15) is 17.3 Å². The summed E-state index contributed by atoms with van der Waals surface area (Å²) in [5.74, 6) is 1.41. The molecule has 2 aromatic carbocycles. The number of benzene rings is 2. The largest absolute Gasteiger partial charge is 0.495 e. The lowest BCUT2D eigenvalue weighted by Gasteiger charge is -2.25. The van der Waals surface area contributed by atoms with E-state index in [1.165, 1.54) is 12.1 Å². The molecule has 0 aliphatic heterocycles. The molecule has 0 bridgehead atoms. The van der Waals surface area contributed by atoms with Crippen molar-refractivity contribution in [2.45, 2.75) is 45.2 Å². The molecule has 2 atom stereocenters. The summed E-state index contributed by atoms with van der Waals surface area (Å²) in [4.78, 5) is 4.31. The molecule has 2 unspecified atom stereocenters. The normalized spacial score (nSPS) is 16.4. The molecule has 33 heavy (non-hydrogen) atoms. The lowest BCUT2D eigenvalue weighted by Crippen LogP contribution is -2.27. The number of hydrogen-bond donors (Lipinski definition) is 1. The van der Waals surface area contributed by atoms with Crippen molar-refractivity contribution in [2.24, 2.45) is 0 Å². The molecule has 0 radical (unpaired) electrons. The van der Waals surface area contributed by atoms with Crippen molar-refractivity contribution < 1.29 is 13.7 Å². The van der Waals surface area contributed by atoms with Gasteiger partial charge in [-0.1, -0.05) is 23.4 Å². The maximum absolute atomic E-state index is 13.3. The number of nitrogens with zero attached hydrogens (tertiary/aromatic N) is 3. The molecule has 6 nitrogen and oxygen atoms in total. The number of rotatable bonds is 6. The third-order valence-corrected chi connectivity index (χ3v) is 6.32. The Morgan fingerprint density at radius 3 is 2.76 bits per heavy atom. The van der Waals surface area contributed by atoms with Crippen LogP contribution in [-0.4, -0.2) is 21.8 Å². The molecular formula is C26H27FN4O2. The number of imidazole rings is 1. The number of ether oxygens (including phenoxy) is 1. The van der Waals surface area contributed by atoms with Crippen molar-refractivity contribution >= 4 is 0 Å². The van der Waals surface area contributed by atoms with Crippen LogP contribution in [0.3, 0.4) is 0 Å². The zero-order valence-corrected chi connectivity index (χ0v) is 19.0. The van der Waals surface area contributed by atoms with Crippen LogP contribution in [0.2, 0.25) is 0 Å². The van der Waals surface area contributed by atoms with Gasteiger partial charge < -0.3 is 19.1 Å². The predicted octanol–water partition coefficient (Wildman–Crippen LogP) is 5.71. The van der Waals surface area contributed by atoms with Gasteiger partial charge in [-0.15, -0.1) is 0 Å². The summed E-state index contributed by atoms with van der Waals surface area (Å²) in [6, 6.07) is 12.8. The van der Waals surface area contributed by atoms with Crippen LogP contribution >= 0.6 is 0 Å².